The van der Waals surface area contributed by atoms with Crippen molar-refractivity contribution >= 4 is 29.5 Å². The molecule has 11 heteroatoms. The van der Waals surface area contributed by atoms with Gasteiger partial charge >= 0.3 is 12.3 Å². The SMILES string of the molecule is Cc1ccc(-n2nc(C(C)(C)C)cc2NC(=O)Nc2ccc(CC3CC4CCC(C3)N4C(=O)/C=C/c3ccc4c(c3)OC(F)(F)O4)cc2)cc1. The van der Waals surface area contributed by atoms with Gasteiger partial charge in [-0.2, -0.15) is 5.10 Å². The van der Waals surface area contributed by atoms with E-state index in [1.165, 1.54) is 23.8 Å². The number of hydrogen-bond donors (Lipinski definition) is 2. The molecule has 0 spiro atoms. The number of anilines is 2. The molecule has 0 saturated carbocycles. The van der Waals surface area contributed by atoms with Gasteiger partial charge in [0.2, 0.25) is 5.91 Å². The van der Waals surface area contributed by atoms with Crippen molar-refractivity contribution in [2.75, 3.05) is 10.6 Å². The van der Waals surface area contributed by atoms with Crippen molar-refractivity contribution in [1.82, 2.24) is 14.7 Å². The number of hydrogen-bond acceptors (Lipinski definition) is 5. The fourth-order valence-corrected chi connectivity index (χ4v) is 7.19. The first-order chi connectivity index (χ1) is 23.8. The van der Waals surface area contributed by atoms with Gasteiger partial charge < -0.3 is 19.7 Å². The minimum Gasteiger partial charge on any atom is -0.395 e. The van der Waals surface area contributed by atoms with E-state index in [0.717, 1.165) is 49.0 Å². The van der Waals surface area contributed by atoms with Crippen molar-refractivity contribution in [2.45, 2.75) is 83.6 Å². The average molecular weight is 682 g/mol. The summed E-state index contributed by atoms with van der Waals surface area (Å²) in [5.41, 5.74) is 5.14. The van der Waals surface area contributed by atoms with Crippen LogP contribution in [0.25, 0.3) is 11.8 Å². The lowest BCUT2D eigenvalue weighted by Crippen LogP contribution is -2.46. The number of aryl methyl sites for hydroxylation is 1. The molecule has 2 N–H and O–H groups in total. The maximum atomic E-state index is 13.4. The summed E-state index contributed by atoms with van der Waals surface area (Å²) < 4.78 is 37.5. The number of benzene rings is 3. The molecule has 3 aromatic carbocycles. The Morgan fingerprint density at radius 3 is 2.28 bits per heavy atom. The van der Waals surface area contributed by atoms with Gasteiger partial charge in [0.1, 0.15) is 5.82 Å². The van der Waals surface area contributed by atoms with E-state index in [0.29, 0.717) is 23.0 Å². The number of nitrogens with zero attached hydrogens (tertiary/aromatic N) is 3. The van der Waals surface area contributed by atoms with Crippen LogP contribution in [0.4, 0.5) is 25.1 Å². The van der Waals surface area contributed by atoms with Gasteiger partial charge in [-0.05, 0) is 98.5 Å². The number of aromatic nitrogens is 2. The van der Waals surface area contributed by atoms with Gasteiger partial charge in [-0.15, -0.1) is 8.78 Å². The molecule has 3 aliphatic rings. The Labute approximate surface area is 290 Å². The Morgan fingerprint density at radius 2 is 1.60 bits per heavy atom. The number of amides is 3. The molecule has 3 aliphatic heterocycles. The quantitative estimate of drug-likeness (QED) is 0.191. The van der Waals surface area contributed by atoms with Gasteiger partial charge in [0.05, 0.1) is 11.4 Å². The predicted molar refractivity (Wildman–Crippen MR) is 188 cm³/mol. The van der Waals surface area contributed by atoms with Crippen molar-refractivity contribution in [3.8, 4) is 17.2 Å². The number of halogens is 2. The average Bonchev–Trinajstić information content (AvgIpc) is 3.70. The van der Waals surface area contributed by atoms with Crippen molar-refractivity contribution < 1.29 is 27.8 Å². The molecule has 2 atom stereocenters. The molecule has 50 heavy (non-hydrogen) atoms. The van der Waals surface area contributed by atoms with Crippen molar-refractivity contribution in [1.29, 1.82) is 0 Å². The van der Waals surface area contributed by atoms with E-state index in [1.54, 1.807) is 16.8 Å². The zero-order chi connectivity index (χ0) is 35.2. The Bertz CT molecular complexity index is 1920. The second-order valence-electron chi connectivity index (χ2n) is 14.6. The van der Waals surface area contributed by atoms with E-state index >= 15 is 0 Å². The zero-order valence-corrected chi connectivity index (χ0v) is 28.6. The molecule has 4 aromatic rings. The Kier molecular flexibility index (Phi) is 8.61. The lowest BCUT2D eigenvalue weighted by atomic mass is 9.85. The smallest absolute Gasteiger partial charge is 0.395 e. The summed E-state index contributed by atoms with van der Waals surface area (Å²) in [5.74, 6) is 0.891. The second-order valence-corrected chi connectivity index (χ2v) is 14.6. The molecule has 2 bridgehead atoms. The lowest BCUT2D eigenvalue weighted by molar-refractivity contribution is -0.286. The fraction of sp³-hybridized carbons (Fsp3) is 0.359. The Hall–Kier alpha value is -5.19. The molecular weight excluding hydrogens is 640 g/mol. The highest BCUT2D eigenvalue weighted by Crippen LogP contribution is 2.42. The summed E-state index contributed by atoms with van der Waals surface area (Å²) in [7, 11) is 0. The molecule has 7 rings (SSSR count). The standard InChI is InChI=1S/C39H41F2N5O4/c1-24-5-13-29(14-6-24)46-35(23-34(44-46)38(2,3)4)43-37(48)42-28-11-7-25(8-12-28)19-27-20-30-15-16-31(21-27)45(30)36(47)18-10-26-9-17-32-33(22-26)50-39(40,41)49-32/h5-14,17-18,22-23,27,30-31H,15-16,19-21H2,1-4H3,(H2,42,43,48)/b18-10+. The van der Waals surface area contributed by atoms with Gasteiger partial charge in [-0.3, -0.25) is 10.1 Å². The Balaban J connectivity index is 0.936. The van der Waals surface area contributed by atoms with Gasteiger partial charge in [0.15, 0.2) is 11.5 Å². The summed E-state index contributed by atoms with van der Waals surface area (Å²) in [4.78, 5) is 28.3. The van der Waals surface area contributed by atoms with E-state index in [1.807, 2.05) is 66.4 Å². The van der Waals surface area contributed by atoms with Crippen molar-refractivity contribution in [2.24, 2.45) is 5.92 Å². The highest BCUT2D eigenvalue weighted by atomic mass is 19.3. The molecule has 2 saturated heterocycles. The monoisotopic (exact) mass is 681 g/mol. The third kappa shape index (κ3) is 7.22. The second kappa shape index (κ2) is 12.9. The molecule has 1 aromatic heterocycles. The zero-order valence-electron chi connectivity index (χ0n) is 28.6. The number of carbonyl (C=O) groups is 2. The van der Waals surface area contributed by atoms with Gasteiger partial charge in [0.25, 0.3) is 0 Å². The molecular formula is C39H41F2N5O4. The maximum Gasteiger partial charge on any atom is 0.586 e. The number of ether oxygens (including phenoxy) is 2. The van der Waals surface area contributed by atoms with Crippen molar-refractivity contribution in [3.05, 3.63) is 101 Å². The lowest BCUT2D eigenvalue weighted by Gasteiger charge is -2.38. The van der Waals surface area contributed by atoms with Crippen LogP contribution < -0.4 is 20.1 Å². The van der Waals surface area contributed by atoms with Crippen LogP contribution in [0.5, 0.6) is 11.5 Å². The first-order valence-electron chi connectivity index (χ1n) is 17.0. The van der Waals surface area contributed by atoms with E-state index in [4.69, 9.17) is 5.10 Å². The molecule has 260 valence electrons. The van der Waals surface area contributed by atoms with Gasteiger partial charge in [-0.1, -0.05) is 56.7 Å². The van der Waals surface area contributed by atoms with Crippen LogP contribution in [0.3, 0.4) is 0 Å². The first-order valence-corrected chi connectivity index (χ1v) is 17.0. The molecule has 2 unspecified atom stereocenters. The summed E-state index contributed by atoms with van der Waals surface area (Å²) in [5, 5.41) is 10.7. The molecule has 2 fully saturated rings. The van der Waals surface area contributed by atoms with E-state index in [-0.39, 0.29) is 40.9 Å². The summed E-state index contributed by atoms with van der Waals surface area (Å²) >= 11 is 0. The molecule has 4 heterocycles. The summed E-state index contributed by atoms with van der Waals surface area (Å²) in [6, 6.07) is 22.3. The minimum absolute atomic E-state index is 0.0249. The molecule has 0 aliphatic carbocycles. The van der Waals surface area contributed by atoms with Crippen LogP contribution in [0.15, 0.2) is 78.9 Å². The van der Waals surface area contributed by atoms with Crippen LogP contribution in [0.2, 0.25) is 0 Å². The van der Waals surface area contributed by atoms with Gasteiger partial charge in [0, 0.05) is 35.3 Å². The van der Waals surface area contributed by atoms with Crippen LogP contribution >= 0.6 is 0 Å². The highest BCUT2D eigenvalue weighted by Gasteiger charge is 2.44. The first kappa shape index (κ1) is 33.3. The number of nitrogens with one attached hydrogen (secondary N) is 2. The largest absolute Gasteiger partial charge is 0.586 e. The van der Waals surface area contributed by atoms with Crippen LogP contribution in [0.1, 0.15) is 68.8 Å². The fourth-order valence-electron chi connectivity index (χ4n) is 7.19. The minimum atomic E-state index is -3.68. The highest BCUT2D eigenvalue weighted by molar-refractivity contribution is 5.99. The molecule has 9 nitrogen and oxygen atoms in total. The van der Waals surface area contributed by atoms with Crippen LogP contribution in [-0.2, 0) is 16.6 Å². The van der Waals surface area contributed by atoms with E-state index in [2.05, 4.69) is 40.9 Å². The number of piperidine rings is 1. The summed E-state index contributed by atoms with van der Waals surface area (Å²) in [6.45, 7) is 8.30. The van der Waals surface area contributed by atoms with Crippen LogP contribution in [-0.4, -0.2) is 45.0 Å². The van der Waals surface area contributed by atoms with E-state index < -0.39 is 6.29 Å². The third-order valence-corrected chi connectivity index (χ3v) is 9.66. The third-order valence-electron chi connectivity index (χ3n) is 9.66. The maximum absolute atomic E-state index is 13.4. The summed E-state index contributed by atoms with van der Waals surface area (Å²) in [6.07, 6.45) is 4.14. The Morgan fingerprint density at radius 1 is 0.920 bits per heavy atom. The number of carbonyl (C=O) groups excluding carboxylic acids is 2. The van der Waals surface area contributed by atoms with Crippen LogP contribution in [0, 0.1) is 12.8 Å². The topological polar surface area (TPSA) is 97.7 Å². The normalized spacial score (nSPS) is 20.7. The molecule has 3 amide bonds. The van der Waals surface area contributed by atoms with E-state index in [9.17, 15) is 18.4 Å². The predicted octanol–water partition coefficient (Wildman–Crippen LogP) is 8.47. The molecule has 0 radical (unpaired) electrons. The number of rotatable bonds is 7. The van der Waals surface area contributed by atoms with Gasteiger partial charge in [-0.25, -0.2) is 9.48 Å². The number of alkyl halides is 2. The van der Waals surface area contributed by atoms with Crippen molar-refractivity contribution in [3.63, 3.8) is 0 Å². The number of urea groups is 1. The number of fused-ring (bicyclic) bond motifs is 3.